The standard InChI is InChI=1S/C19H21NO4/c1-3-4-7-10-19(2)23-17(21)15(18(22)24-19)11-13-12-20-16-9-6-5-8-14(13)16/h5-6,8-9,11-12,20H,3-4,7,10H2,1-2H3. The van der Waals surface area contributed by atoms with E-state index < -0.39 is 17.7 Å². The van der Waals surface area contributed by atoms with Crippen molar-refractivity contribution in [2.45, 2.75) is 45.3 Å². The Morgan fingerprint density at radius 1 is 1.12 bits per heavy atom. The lowest BCUT2D eigenvalue weighted by atomic mass is 10.1. The van der Waals surface area contributed by atoms with E-state index in [1.54, 1.807) is 13.1 Å². The van der Waals surface area contributed by atoms with Gasteiger partial charge in [-0.2, -0.15) is 0 Å². The number of para-hydroxylation sites is 1. The summed E-state index contributed by atoms with van der Waals surface area (Å²) in [6, 6.07) is 7.67. The Hall–Kier alpha value is -2.56. The van der Waals surface area contributed by atoms with Crippen molar-refractivity contribution in [2.75, 3.05) is 0 Å². The molecule has 2 aromatic rings. The third-order valence-electron chi connectivity index (χ3n) is 4.21. The molecule has 0 atom stereocenters. The number of rotatable bonds is 5. The van der Waals surface area contributed by atoms with Gasteiger partial charge in [0.15, 0.2) is 0 Å². The topological polar surface area (TPSA) is 68.4 Å². The number of H-pyrrole nitrogens is 1. The quantitative estimate of drug-likeness (QED) is 0.391. The number of benzene rings is 1. The summed E-state index contributed by atoms with van der Waals surface area (Å²) in [7, 11) is 0. The first-order valence-corrected chi connectivity index (χ1v) is 8.27. The molecule has 126 valence electrons. The molecule has 0 unspecified atom stereocenters. The number of aromatic amines is 1. The number of fused-ring (bicyclic) bond motifs is 1. The number of hydrogen-bond acceptors (Lipinski definition) is 4. The van der Waals surface area contributed by atoms with Crippen molar-refractivity contribution in [3.8, 4) is 0 Å². The highest BCUT2D eigenvalue weighted by atomic mass is 16.7. The Labute approximate surface area is 140 Å². The highest BCUT2D eigenvalue weighted by Gasteiger charge is 2.42. The minimum absolute atomic E-state index is 0.0762. The molecule has 0 saturated carbocycles. The van der Waals surface area contributed by atoms with Gasteiger partial charge in [-0.3, -0.25) is 0 Å². The molecule has 0 amide bonds. The molecule has 3 rings (SSSR count). The first-order chi connectivity index (χ1) is 11.5. The minimum Gasteiger partial charge on any atom is -0.419 e. The molecule has 1 N–H and O–H groups in total. The molecular weight excluding hydrogens is 306 g/mol. The van der Waals surface area contributed by atoms with Crippen LogP contribution in [0, 0.1) is 0 Å². The summed E-state index contributed by atoms with van der Waals surface area (Å²) in [6.45, 7) is 3.73. The zero-order valence-electron chi connectivity index (χ0n) is 13.9. The van der Waals surface area contributed by atoms with E-state index >= 15 is 0 Å². The Balaban J connectivity index is 1.83. The van der Waals surface area contributed by atoms with Crippen molar-refractivity contribution in [1.82, 2.24) is 4.98 Å². The summed E-state index contributed by atoms with van der Waals surface area (Å²) in [4.78, 5) is 27.7. The van der Waals surface area contributed by atoms with E-state index in [2.05, 4.69) is 11.9 Å². The van der Waals surface area contributed by atoms with Crippen LogP contribution in [-0.4, -0.2) is 22.7 Å². The molecule has 1 aliphatic rings. The van der Waals surface area contributed by atoms with Crippen LogP contribution >= 0.6 is 0 Å². The highest BCUT2D eigenvalue weighted by Crippen LogP contribution is 2.30. The fraction of sp³-hybridized carbons (Fsp3) is 0.368. The number of unbranched alkanes of at least 4 members (excludes halogenated alkanes) is 2. The van der Waals surface area contributed by atoms with E-state index in [0.29, 0.717) is 6.42 Å². The van der Waals surface area contributed by atoms with Crippen molar-refractivity contribution in [3.05, 3.63) is 41.6 Å². The van der Waals surface area contributed by atoms with Gasteiger partial charge in [-0.1, -0.05) is 38.0 Å². The summed E-state index contributed by atoms with van der Waals surface area (Å²) < 4.78 is 10.8. The van der Waals surface area contributed by atoms with E-state index in [9.17, 15) is 9.59 Å². The Morgan fingerprint density at radius 3 is 2.54 bits per heavy atom. The Bertz CT molecular complexity index is 783. The van der Waals surface area contributed by atoms with Gasteiger partial charge >= 0.3 is 11.9 Å². The Kier molecular flexibility index (Phi) is 4.42. The first kappa shape index (κ1) is 16.3. The molecular formula is C19H21NO4. The third-order valence-corrected chi connectivity index (χ3v) is 4.21. The van der Waals surface area contributed by atoms with E-state index in [-0.39, 0.29) is 5.57 Å². The largest absolute Gasteiger partial charge is 0.419 e. The van der Waals surface area contributed by atoms with Crippen molar-refractivity contribution < 1.29 is 19.1 Å². The van der Waals surface area contributed by atoms with Gasteiger partial charge in [-0.15, -0.1) is 0 Å². The molecule has 2 heterocycles. The lowest BCUT2D eigenvalue weighted by Crippen LogP contribution is -2.44. The van der Waals surface area contributed by atoms with Crippen LogP contribution in [-0.2, 0) is 19.1 Å². The lowest BCUT2D eigenvalue weighted by Gasteiger charge is -2.33. The van der Waals surface area contributed by atoms with Crippen LogP contribution in [0.5, 0.6) is 0 Å². The van der Waals surface area contributed by atoms with Crippen molar-refractivity contribution in [2.24, 2.45) is 0 Å². The lowest BCUT2D eigenvalue weighted by molar-refractivity contribution is -0.231. The second kappa shape index (κ2) is 6.51. The molecule has 0 bridgehead atoms. The monoisotopic (exact) mass is 327 g/mol. The number of aromatic nitrogens is 1. The van der Waals surface area contributed by atoms with Crippen LogP contribution in [0.1, 0.15) is 45.1 Å². The molecule has 5 heteroatoms. The van der Waals surface area contributed by atoms with Crippen LogP contribution in [0.2, 0.25) is 0 Å². The van der Waals surface area contributed by atoms with Gasteiger partial charge in [-0.05, 0) is 18.6 Å². The van der Waals surface area contributed by atoms with Crippen LogP contribution in [0.25, 0.3) is 17.0 Å². The molecule has 1 saturated heterocycles. The molecule has 1 aliphatic heterocycles. The minimum atomic E-state index is -1.17. The smallest absolute Gasteiger partial charge is 0.348 e. The predicted molar refractivity (Wildman–Crippen MR) is 91.0 cm³/mol. The van der Waals surface area contributed by atoms with Gasteiger partial charge in [0.2, 0.25) is 0 Å². The van der Waals surface area contributed by atoms with Crippen LogP contribution in [0.4, 0.5) is 0 Å². The first-order valence-electron chi connectivity index (χ1n) is 8.27. The van der Waals surface area contributed by atoms with Crippen molar-refractivity contribution in [1.29, 1.82) is 0 Å². The molecule has 0 aliphatic carbocycles. The zero-order chi connectivity index (χ0) is 17.2. The van der Waals surface area contributed by atoms with Gasteiger partial charge < -0.3 is 14.5 Å². The average molecular weight is 327 g/mol. The maximum absolute atomic E-state index is 12.3. The van der Waals surface area contributed by atoms with Gasteiger partial charge in [0.25, 0.3) is 5.79 Å². The predicted octanol–water partition coefficient (Wildman–Crippen LogP) is 3.95. The van der Waals surface area contributed by atoms with Crippen LogP contribution < -0.4 is 0 Å². The number of carbonyl (C=O) groups excluding carboxylic acids is 2. The number of nitrogens with one attached hydrogen (secondary N) is 1. The Morgan fingerprint density at radius 2 is 1.83 bits per heavy atom. The van der Waals surface area contributed by atoms with Crippen LogP contribution in [0.3, 0.4) is 0 Å². The van der Waals surface area contributed by atoms with Gasteiger partial charge in [-0.25, -0.2) is 9.59 Å². The zero-order valence-corrected chi connectivity index (χ0v) is 13.9. The van der Waals surface area contributed by atoms with E-state index in [0.717, 1.165) is 35.7 Å². The molecule has 1 aromatic heterocycles. The summed E-state index contributed by atoms with van der Waals surface area (Å²) in [5.74, 6) is -2.42. The number of cyclic esters (lactones) is 2. The summed E-state index contributed by atoms with van der Waals surface area (Å²) in [6.07, 6.45) is 6.68. The van der Waals surface area contributed by atoms with Crippen molar-refractivity contribution >= 4 is 28.9 Å². The maximum atomic E-state index is 12.3. The molecule has 0 radical (unpaired) electrons. The summed E-state index contributed by atoms with van der Waals surface area (Å²) >= 11 is 0. The third kappa shape index (κ3) is 3.20. The molecule has 1 fully saturated rings. The van der Waals surface area contributed by atoms with E-state index in [4.69, 9.17) is 9.47 Å². The van der Waals surface area contributed by atoms with Crippen molar-refractivity contribution in [3.63, 3.8) is 0 Å². The SMILES string of the molecule is CCCCCC1(C)OC(=O)C(=Cc2c[nH]c3ccccc23)C(=O)O1. The molecule has 24 heavy (non-hydrogen) atoms. The number of esters is 2. The number of carbonyl (C=O) groups is 2. The maximum Gasteiger partial charge on any atom is 0.348 e. The normalized spacial score (nSPS) is 20.8. The van der Waals surface area contributed by atoms with Gasteiger partial charge in [0, 0.05) is 36.0 Å². The fourth-order valence-electron chi connectivity index (χ4n) is 2.89. The van der Waals surface area contributed by atoms with Crippen LogP contribution in [0.15, 0.2) is 36.0 Å². The van der Waals surface area contributed by atoms with E-state index in [1.807, 2.05) is 24.3 Å². The summed E-state index contributed by atoms with van der Waals surface area (Å²) in [5.41, 5.74) is 1.61. The van der Waals surface area contributed by atoms with Gasteiger partial charge in [0.1, 0.15) is 5.57 Å². The second-order valence-corrected chi connectivity index (χ2v) is 6.22. The average Bonchev–Trinajstić information content (AvgIpc) is 2.94. The molecule has 0 spiro atoms. The number of ether oxygens (including phenoxy) is 2. The molecule has 5 nitrogen and oxygen atoms in total. The van der Waals surface area contributed by atoms with E-state index in [1.165, 1.54) is 6.08 Å². The fourth-order valence-corrected chi connectivity index (χ4v) is 2.89. The second-order valence-electron chi connectivity index (χ2n) is 6.22. The summed E-state index contributed by atoms with van der Waals surface area (Å²) in [5, 5.41) is 0.932. The number of hydrogen-bond donors (Lipinski definition) is 1. The van der Waals surface area contributed by atoms with Gasteiger partial charge in [0.05, 0.1) is 0 Å². The highest BCUT2D eigenvalue weighted by molar-refractivity contribution is 6.19. The molecule has 1 aromatic carbocycles.